The van der Waals surface area contributed by atoms with Crippen LogP contribution in [-0.2, 0) is 6.54 Å². The fourth-order valence-electron chi connectivity index (χ4n) is 6.15. The van der Waals surface area contributed by atoms with E-state index in [2.05, 4.69) is 36.5 Å². The summed E-state index contributed by atoms with van der Waals surface area (Å²) in [5.41, 5.74) is 8.16. The number of rotatable bonds is 11. The van der Waals surface area contributed by atoms with E-state index in [1.807, 2.05) is 61.7 Å². The van der Waals surface area contributed by atoms with Crippen LogP contribution in [0.4, 0.5) is 4.39 Å². The molecule has 45 heavy (non-hydrogen) atoms. The second-order valence-electron chi connectivity index (χ2n) is 12.2. The van der Waals surface area contributed by atoms with Gasteiger partial charge in [0.05, 0.1) is 22.6 Å². The average molecular weight is 605 g/mol. The van der Waals surface area contributed by atoms with Crippen LogP contribution in [0.5, 0.6) is 5.75 Å². The monoisotopic (exact) mass is 604 g/mol. The van der Waals surface area contributed by atoms with Gasteiger partial charge in [0.2, 0.25) is 0 Å². The van der Waals surface area contributed by atoms with Crippen LogP contribution in [-0.4, -0.2) is 68.8 Å². The maximum Gasteiger partial charge on any atom is 0.135 e. The molecule has 0 amide bonds. The molecule has 1 aliphatic rings. The van der Waals surface area contributed by atoms with Crippen molar-refractivity contribution in [2.24, 2.45) is 5.92 Å². The minimum Gasteiger partial charge on any atom is -0.492 e. The number of halogens is 1. The predicted octanol–water partition coefficient (Wildman–Crippen LogP) is 6.59. The van der Waals surface area contributed by atoms with Crippen LogP contribution in [0.15, 0.2) is 67.1 Å². The van der Waals surface area contributed by atoms with Crippen LogP contribution in [0, 0.1) is 11.7 Å². The lowest BCUT2D eigenvalue weighted by Crippen LogP contribution is -2.20. The second kappa shape index (κ2) is 12.7. The van der Waals surface area contributed by atoms with Crippen LogP contribution in [0.25, 0.3) is 55.8 Å². The zero-order valence-electron chi connectivity index (χ0n) is 25.6. The molecule has 7 rings (SSSR count). The number of benzene rings is 1. The van der Waals surface area contributed by atoms with E-state index in [-0.39, 0.29) is 5.82 Å². The Morgan fingerprint density at radius 1 is 0.978 bits per heavy atom. The van der Waals surface area contributed by atoms with E-state index in [0.29, 0.717) is 29.3 Å². The van der Waals surface area contributed by atoms with Gasteiger partial charge in [-0.05, 0) is 87.4 Å². The fourth-order valence-corrected chi connectivity index (χ4v) is 6.15. The van der Waals surface area contributed by atoms with Crippen molar-refractivity contribution in [3.63, 3.8) is 0 Å². The molecule has 6 aromatic rings. The summed E-state index contributed by atoms with van der Waals surface area (Å²) in [5.74, 6) is 0.888. The number of fused-ring (bicyclic) bond motifs is 2. The highest BCUT2D eigenvalue weighted by Crippen LogP contribution is 2.34. The highest BCUT2D eigenvalue weighted by Gasteiger charge is 2.18. The molecular weight excluding hydrogens is 567 g/mol. The molecule has 1 aromatic carbocycles. The lowest BCUT2D eigenvalue weighted by Gasteiger charge is -2.12. The summed E-state index contributed by atoms with van der Waals surface area (Å²) in [6.07, 6.45) is 10.9. The van der Waals surface area contributed by atoms with Gasteiger partial charge in [-0.15, -0.1) is 0 Å². The van der Waals surface area contributed by atoms with Crippen LogP contribution in [0.1, 0.15) is 31.2 Å². The van der Waals surface area contributed by atoms with Crippen molar-refractivity contribution in [3.05, 3.63) is 78.5 Å². The number of nitrogens with one attached hydrogen (secondary N) is 3. The van der Waals surface area contributed by atoms with Crippen molar-refractivity contribution in [1.82, 2.24) is 40.3 Å². The number of aromatic amines is 2. The van der Waals surface area contributed by atoms with Crippen LogP contribution >= 0.6 is 0 Å². The zero-order valence-corrected chi connectivity index (χ0v) is 25.6. The van der Waals surface area contributed by atoms with Gasteiger partial charge in [0, 0.05) is 59.8 Å². The van der Waals surface area contributed by atoms with Gasteiger partial charge in [-0.3, -0.25) is 15.1 Å². The fraction of sp³-hybridized carbons (Fsp3) is 0.314. The lowest BCUT2D eigenvalue weighted by atomic mass is 10.1. The standard InChI is InChI=1S/C35H37FN8O/c1-44(2)11-12-45-27-15-24(14-26(36)16-27)33-28-17-32(40-30(28)9-10-39-33)35-34-31(42-43-35)8-7-29(41-34)25-13-23(20-38-21-25)19-37-18-22-5-3-4-6-22/h7-10,13-17,20-22,37,40H,3-6,11-12,18-19H2,1-2H3,(H,42,43). The second-order valence-corrected chi connectivity index (χ2v) is 12.2. The number of aromatic nitrogens is 6. The van der Waals surface area contributed by atoms with Gasteiger partial charge in [-0.25, -0.2) is 9.37 Å². The lowest BCUT2D eigenvalue weighted by molar-refractivity contribution is 0.260. The third-order valence-electron chi connectivity index (χ3n) is 8.49. The Bertz CT molecular complexity index is 1940. The first-order valence-corrected chi connectivity index (χ1v) is 15.6. The zero-order chi connectivity index (χ0) is 30.8. The minimum atomic E-state index is -0.375. The van der Waals surface area contributed by atoms with Gasteiger partial charge in [-0.2, -0.15) is 5.10 Å². The van der Waals surface area contributed by atoms with Crippen molar-refractivity contribution in [2.45, 2.75) is 32.2 Å². The maximum absolute atomic E-state index is 14.7. The van der Waals surface area contributed by atoms with Crippen molar-refractivity contribution < 1.29 is 9.13 Å². The highest BCUT2D eigenvalue weighted by molar-refractivity contribution is 5.99. The molecule has 0 radical (unpaired) electrons. The Morgan fingerprint density at radius 2 is 1.87 bits per heavy atom. The summed E-state index contributed by atoms with van der Waals surface area (Å²) in [7, 11) is 3.94. The van der Waals surface area contributed by atoms with Gasteiger partial charge in [0.15, 0.2) is 0 Å². The Hall–Kier alpha value is -4.67. The Balaban J connectivity index is 1.17. The van der Waals surface area contributed by atoms with E-state index < -0.39 is 0 Å². The van der Waals surface area contributed by atoms with E-state index >= 15 is 0 Å². The van der Waals surface area contributed by atoms with E-state index in [4.69, 9.17) is 9.72 Å². The first-order valence-electron chi connectivity index (χ1n) is 15.6. The summed E-state index contributed by atoms with van der Waals surface area (Å²) in [4.78, 5) is 19.7. The number of pyridine rings is 3. The largest absolute Gasteiger partial charge is 0.492 e. The average Bonchev–Trinajstić information content (AvgIpc) is 3.80. The summed E-state index contributed by atoms with van der Waals surface area (Å²) >= 11 is 0. The topological polar surface area (TPSA) is 108 Å². The molecule has 0 unspecified atom stereocenters. The van der Waals surface area contributed by atoms with Gasteiger partial charge >= 0.3 is 0 Å². The SMILES string of the molecule is CN(C)CCOc1cc(F)cc(-c2nccc3[nH]c(-c4n[nH]c5ccc(-c6cncc(CNCC7CCCC7)c6)nc45)cc23)c1. The minimum absolute atomic E-state index is 0.375. The van der Waals surface area contributed by atoms with Crippen LogP contribution in [0.3, 0.4) is 0 Å². The molecule has 5 aromatic heterocycles. The number of ether oxygens (including phenoxy) is 1. The number of hydrogen-bond acceptors (Lipinski definition) is 7. The summed E-state index contributed by atoms with van der Waals surface area (Å²) in [5, 5.41) is 12.2. The number of likely N-dealkylation sites (N-methyl/N-ethyl adjacent to an activating group) is 1. The molecule has 0 aliphatic heterocycles. The molecule has 10 heteroatoms. The molecule has 0 spiro atoms. The molecule has 1 saturated carbocycles. The number of H-pyrrole nitrogens is 2. The Labute approximate surface area is 261 Å². The van der Waals surface area contributed by atoms with E-state index in [9.17, 15) is 4.39 Å². The van der Waals surface area contributed by atoms with Crippen molar-refractivity contribution in [3.8, 4) is 39.7 Å². The molecule has 3 N–H and O–H groups in total. The summed E-state index contributed by atoms with van der Waals surface area (Å²) < 4.78 is 20.5. The Morgan fingerprint density at radius 3 is 2.73 bits per heavy atom. The highest BCUT2D eigenvalue weighted by atomic mass is 19.1. The molecule has 0 saturated heterocycles. The third kappa shape index (κ3) is 6.43. The Kier molecular flexibility index (Phi) is 8.23. The molecule has 9 nitrogen and oxygen atoms in total. The van der Waals surface area contributed by atoms with Crippen LogP contribution in [0.2, 0.25) is 0 Å². The van der Waals surface area contributed by atoms with Crippen molar-refractivity contribution >= 4 is 21.9 Å². The van der Waals surface area contributed by atoms with Crippen LogP contribution < -0.4 is 10.1 Å². The first-order chi connectivity index (χ1) is 22.0. The molecule has 230 valence electrons. The molecule has 0 bridgehead atoms. The molecular formula is C35H37FN8O. The van der Waals surface area contributed by atoms with Gasteiger partial charge < -0.3 is 19.9 Å². The first kappa shape index (κ1) is 29.1. The predicted molar refractivity (Wildman–Crippen MR) is 175 cm³/mol. The maximum atomic E-state index is 14.7. The van der Waals surface area contributed by atoms with E-state index in [1.165, 1.54) is 37.8 Å². The molecule has 1 aliphatic carbocycles. The van der Waals surface area contributed by atoms with Gasteiger partial charge in [0.25, 0.3) is 0 Å². The number of nitrogens with zero attached hydrogens (tertiary/aromatic N) is 5. The quantitative estimate of drug-likeness (QED) is 0.153. The third-order valence-corrected chi connectivity index (χ3v) is 8.49. The molecule has 1 fully saturated rings. The summed E-state index contributed by atoms with van der Waals surface area (Å²) in [6.45, 7) is 3.03. The normalized spacial score (nSPS) is 13.9. The molecule has 5 heterocycles. The summed E-state index contributed by atoms with van der Waals surface area (Å²) in [6, 6.07) is 14.8. The van der Waals surface area contributed by atoms with E-state index in [0.717, 1.165) is 70.0 Å². The van der Waals surface area contributed by atoms with Gasteiger partial charge in [-0.1, -0.05) is 12.8 Å². The van der Waals surface area contributed by atoms with E-state index in [1.54, 1.807) is 6.20 Å². The smallest absolute Gasteiger partial charge is 0.135 e. The van der Waals surface area contributed by atoms with Crippen molar-refractivity contribution in [2.75, 3.05) is 33.8 Å². The van der Waals surface area contributed by atoms with Gasteiger partial charge in [0.1, 0.15) is 29.4 Å². The molecule has 0 atom stereocenters. The van der Waals surface area contributed by atoms with Crippen molar-refractivity contribution in [1.29, 1.82) is 0 Å². The number of hydrogen-bond donors (Lipinski definition) is 3.